The Morgan fingerprint density at radius 3 is 1.59 bits per heavy atom. The first kappa shape index (κ1) is 37.4. The van der Waals surface area contributed by atoms with Gasteiger partial charge in [0.1, 0.15) is 6.10 Å². The van der Waals surface area contributed by atoms with Crippen LogP contribution in [0, 0.1) is 0 Å². The van der Waals surface area contributed by atoms with Gasteiger partial charge in [-0.25, -0.2) is 0 Å². The Kier molecular flexibility index (Phi) is 29.7. The zero-order valence-electron chi connectivity index (χ0n) is 25.9. The van der Waals surface area contributed by atoms with Gasteiger partial charge in [0.05, 0.1) is 0 Å². The standard InChI is InChI=1S/C35H64O4/c1-3-5-7-9-11-13-14-15-16-17-18-19-21-23-28-32-35(38)39-33(30-26-24-27-31-34(36)37)29-25-22-20-12-10-8-6-4-2/h11,13,15-16,33H,3-10,12,14,17-32H2,1-2H3,(H,36,37)/b13-11-,16-15-. The quantitative estimate of drug-likeness (QED) is 0.0550. The number of hydrogen-bond acceptors (Lipinski definition) is 3. The Morgan fingerprint density at radius 2 is 1.00 bits per heavy atom. The number of hydrogen-bond donors (Lipinski definition) is 1. The van der Waals surface area contributed by atoms with Gasteiger partial charge in [0.25, 0.3) is 0 Å². The van der Waals surface area contributed by atoms with Gasteiger partial charge in [0.2, 0.25) is 0 Å². The normalized spacial score (nSPS) is 12.5. The summed E-state index contributed by atoms with van der Waals surface area (Å²) in [5.74, 6) is -0.773. The van der Waals surface area contributed by atoms with Gasteiger partial charge in [-0.15, -0.1) is 0 Å². The fourth-order valence-corrected chi connectivity index (χ4v) is 4.92. The van der Waals surface area contributed by atoms with E-state index in [0.717, 1.165) is 57.8 Å². The molecule has 39 heavy (non-hydrogen) atoms. The fourth-order valence-electron chi connectivity index (χ4n) is 4.92. The second-order valence-electron chi connectivity index (χ2n) is 11.3. The molecule has 0 aliphatic heterocycles. The predicted molar refractivity (Wildman–Crippen MR) is 167 cm³/mol. The lowest BCUT2D eigenvalue weighted by Gasteiger charge is -2.18. The molecule has 0 rings (SSSR count). The molecule has 1 unspecified atom stereocenters. The first-order valence-corrected chi connectivity index (χ1v) is 16.8. The number of carboxylic acids is 1. The van der Waals surface area contributed by atoms with Crippen molar-refractivity contribution in [3.05, 3.63) is 24.3 Å². The Labute approximate surface area is 242 Å². The van der Waals surface area contributed by atoms with Crippen LogP contribution in [0.3, 0.4) is 0 Å². The van der Waals surface area contributed by atoms with Crippen molar-refractivity contribution < 1.29 is 19.4 Å². The van der Waals surface area contributed by atoms with Crippen LogP contribution in [0.15, 0.2) is 24.3 Å². The van der Waals surface area contributed by atoms with Gasteiger partial charge in [-0.3, -0.25) is 9.59 Å². The van der Waals surface area contributed by atoms with E-state index in [1.165, 1.54) is 89.9 Å². The zero-order chi connectivity index (χ0) is 28.7. The number of ether oxygens (including phenoxy) is 1. The van der Waals surface area contributed by atoms with Crippen LogP contribution < -0.4 is 0 Å². The highest BCUT2D eigenvalue weighted by Crippen LogP contribution is 2.18. The molecule has 0 amide bonds. The summed E-state index contributed by atoms with van der Waals surface area (Å²) >= 11 is 0. The van der Waals surface area contributed by atoms with Crippen molar-refractivity contribution in [2.75, 3.05) is 0 Å². The molecule has 0 saturated carbocycles. The van der Waals surface area contributed by atoms with Crippen molar-refractivity contribution in [3.63, 3.8) is 0 Å². The molecule has 4 heteroatoms. The molecule has 4 nitrogen and oxygen atoms in total. The Morgan fingerprint density at radius 1 is 0.564 bits per heavy atom. The summed E-state index contributed by atoms with van der Waals surface area (Å²) < 4.78 is 5.89. The lowest BCUT2D eigenvalue weighted by molar-refractivity contribution is -0.150. The monoisotopic (exact) mass is 548 g/mol. The van der Waals surface area contributed by atoms with E-state index < -0.39 is 5.97 Å². The lowest BCUT2D eigenvalue weighted by Crippen LogP contribution is -2.18. The molecule has 1 atom stereocenters. The smallest absolute Gasteiger partial charge is 0.306 e. The number of rotatable bonds is 30. The van der Waals surface area contributed by atoms with Crippen molar-refractivity contribution in [1.29, 1.82) is 0 Å². The van der Waals surface area contributed by atoms with E-state index in [2.05, 4.69) is 38.2 Å². The van der Waals surface area contributed by atoms with Gasteiger partial charge in [0, 0.05) is 12.8 Å². The zero-order valence-corrected chi connectivity index (χ0v) is 25.9. The minimum Gasteiger partial charge on any atom is -0.481 e. The summed E-state index contributed by atoms with van der Waals surface area (Å²) in [6, 6.07) is 0. The van der Waals surface area contributed by atoms with E-state index >= 15 is 0 Å². The maximum atomic E-state index is 12.5. The van der Waals surface area contributed by atoms with Crippen molar-refractivity contribution in [3.8, 4) is 0 Å². The molecule has 0 spiro atoms. The van der Waals surface area contributed by atoms with Crippen molar-refractivity contribution >= 4 is 11.9 Å². The van der Waals surface area contributed by atoms with E-state index in [1.54, 1.807) is 0 Å². The third-order valence-electron chi connectivity index (χ3n) is 7.43. The highest BCUT2D eigenvalue weighted by molar-refractivity contribution is 5.69. The number of esters is 1. The van der Waals surface area contributed by atoms with Gasteiger partial charge in [-0.1, -0.05) is 122 Å². The van der Waals surface area contributed by atoms with Gasteiger partial charge in [-0.2, -0.15) is 0 Å². The molecule has 0 aromatic rings. The van der Waals surface area contributed by atoms with E-state index in [-0.39, 0.29) is 18.5 Å². The molecule has 0 radical (unpaired) electrons. The SMILES string of the molecule is CCCCC/C=C\C/C=C\CCCCCCCC(=O)OC(CCCCCCCCCC)CCCCCC(=O)O. The number of aliphatic carboxylic acids is 1. The van der Waals surface area contributed by atoms with Gasteiger partial charge in [-0.05, 0) is 70.6 Å². The molecule has 0 aliphatic rings. The number of carbonyl (C=O) groups excluding carboxylic acids is 1. The molecular formula is C35H64O4. The molecular weight excluding hydrogens is 484 g/mol. The summed E-state index contributed by atoms with van der Waals surface area (Å²) in [7, 11) is 0. The molecule has 0 bridgehead atoms. The number of carboxylic acid groups (broad SMARTS) is 1. The van der Waals surface area contributed by atoms with Crippen molar-refractivity contribution in [2.24, 2.45) is 0 Å². The summed E-state index contributed by atoms with van der Waals surface area (Å²) in [6.45, 7) is 4.49. The van der Waals surface area contributed by atoms with Crippen LogP contribution in [0.25, 0.3) is 0 Å². The fraction of sp³-hybridized carbons (Fsp3) is 0.829. The van der Waals surface area contributed by atoms with Crippen molar-refractivity contribution in [2.45, 2.75) is 187 Å². The van der Waals surface area contributed by atoms with Gasteiger partial charge >= 0.3 is 11.9 Å². The molecule has 0 heterocycles. The van der Waals surface area contributed by atoms with Crippen LogP contribution in [-0.2, 0) is 14.3 Å². The number of unbranched alkanes of at least 4 members (excludes halogenated alkanes) is 17. The third-order valence-corrected chi connectivity index (χ3v) is 7.43. The molecule has 0 aromatic heterocycles. The topological polar surface area (TPSA) is 63.6 Å². The van der Waals surface area contributed by atoms with E-state index in [0.29, 0.717) is 12.8 Å². The summed E-state index contributed by atoms with van der Waals surface area (Å²) in [5.41, 5.74) is 0. The highest BCUT2D eigenvalue weighted by Gasteiger charge is 2.14. The average molecular weight is 549 g/mol. The number of allylic oxidation sites excluding steroid dienone is 4. The minimum absolute atomic E-state index is 0.000363. The average Bonchev–Trinajstić information content (AvgIpc) is 2.91. The second kappa shape index (κ2) is 31.0. The molecule has 0 fully saturated rings. The third kappa shape index (κ3) is 30.8. The van der Waals surface area contributed by atoms with E-state index in [1.807, 2.05) is 0 Å². The molecule has 0 aromatic carbocycles. The van der Waals surface area contributed by atoms with Crippen LogP contribution >= 0.6 is 0 Å². The first-order chi connectivity index (χ1) is 19.1. The Bertz CT molecular complexity index is 595. The van der Waals surface area contributed by atoms with Gasteiger partial charge < -0.3 is 9.84 Å². The van der Waals surface area contributed by atoms with Gasteiger partial charge in [0.15, 0.2) is 0 Å². The minimum atomic E-state index is -0.727. The Hall–Kier alpha value is -1.58. The number of carbonyl (C=O) groups is 2. The predicted octanol–water partition coefficient (Wildman–Crippen LogP) is 11.3. The largest absolute Gasteiger partial charge is 0.481 e. The lowest BCUT2D eigenvalue weighted by atomic mass is 10.0. The van der Waals surface area contributed by atoms with E-state index in [4.69, 9.17) is 9.84 Å². The Balaban J connectivity index is 3.96. The van der Waals surface area contributed by atoms with E-state index in [9.17, 15) is 9.59 Å². The molecule has 228 valence electrons. The molecule has 0 saturated heterocycles. The maximum Gasteiger partial charge on any atom is 0.306 e. The van der Waals surface area contributed by atoms with Crippen LogP contribution in [0.5, 0.6) is 0 Å². The summed E-state index contributed by atoms with van der Waals surface area (Å²) in [6.07, 6.45) is 37.5. The van der Waals surface area contributed by atoms with Crippen LogP contribution in [0.4, 0.5) is 0 Å². The maximum absolute atomic E-state index is 12.5. The molecule has 1 N–H and O–H groups in total. The van der Waals surface area contributed by atoms with Crippen LogP contribution in [0.1, 0.15) is 181 Å². The second-order valence-corrected chi connectivity index (χ2v) is 11.3. The highest BCUT2D eigenvalue weighted by atomic mass is 16.5. The summed E-state index contributed by atoms with van der Waals surface area (Å²) in [5, 5.41) is 8.83. The molecule has 0 aliphatic carbocycles. The van der Waals surface area contributed by atoms with Crippen LogP contribution in [0.2, 0.25) is 0 Å². The van der Waals surface area contributed by atoms with Crippen molar-refractivity contribution in [1.82, 2.24) is 0 Å². The first-order valence-electron chi connectivity index (χ1n) is 16.8. The summed E-state index contributed by atoms with van der Waals surface area (Å²) in [4.78, 5) is 23.2. The van der Waals surface area contributed by atoms with Crippen LogP contribution in [-0.4, -0.2) is 23.1 Å².